The predicted molar refractivity (Wildman–Crippen MR) is 59.1 cm³/mol. The van der Waals surface area contributed by atoms with Crippen LogP contribution in [0.4, 0.5) is 0 Å². The van der Waals surface area contributed by atoms with Crippen LogP contribution >= 0.6 is 0 Å². The van der Waals surface area contributed by atoms with Crippen molar-refractivity contribution in [2.75, 3.05) is 0 Å². The lowest BCUT2D eigenvalue weighted by molar-refractivity contribution is -0.154. The third-order valence-corrected chi connectivity index (χ3v) is 4.05. The molecule has 3 aliphatic rings. The summed E-state index contributed by atoms with van der Waals surface area (Å²) in [7, 11) is 0. The average molecular weight is 264 g/mol. The number of allylic oxidation sites excluding steroid dienone is 1. The number of fused-ring (bicyclic) bond motifs is 1. The van der Waals surface area contributed by atoms with E-state index < -0.39 is 35.7 Å². The van der Waals surface area contributed by atoms with Crippen molar-refractivity contribution in [2.45, 2.75) is 19.8 Å². The highest BCUT2D eigenvalue weighted by Crippen LogP contribution is 2.42. The van der Waals surface area contributed by atoms with Crippen molar-refractivity contribution < 1.29 is 28.7 Å². The van der Waals surface area contributed by atoms with Crippen LogP contribution in [0.1, 0.15) is 19.8 Å². The molecular weight excluding hydrogens is 252 g/mol. The van der Waals surface area contributed by atoms with Gasteiger partial charge < -0.3 is 9.47 Å². The van der Waals surface area contributed by atoms with Crippen molar-refractivity contribution in [1.29, 1.82) is 0 Å². The van der Waals surface area contributed by atoms with E-state index in [4.69, 9.17) is 0 Å². The minimum Gasteiger partial charge on any atom is -0.393 e. The summed E-state index contributed by atoms with van der Waals surface area (Å²) in [5, 5.41) is 0. The predicted octanol–water partition coefficient (Wildman–Crippen LogP) is 0.358. The van der Waals surface area contributed by atoms with Gasteiger partial charge in [0.2, 0.25) is 0 Å². The molecule has 0 spiro atoms. The van der Waals surface area contributed by atoms with Crippen LogP contribution in [-0.4, -0.2) is 23.9 Å². The van der Waals surface area contributed by atoms with Gasteiger partial charge in [0, 0.05) is 5.57 Å². The van der Waals surface area contributed by atoms with E-state index in [9.17, 15) is 19.2 Å². The Labute approximate surface area is 108 Å². The summed E-state index contributed by atoms with van der Waals surface area (Å²) in [5.41, 5.74) is 0.320. The zero-order chi connectivity index (χ0) is 13.7. The molecule has 1 aliphatic carbocycles. The van der Waals surface area contributed by atoms with Crippen LogP contribution in [0.2, 0.25) is 0 Å². The van der Waals surface area contributed by atoms with Gasteiger partial charge in [0.15, 0.2) is 0 Å². The van der Waals surface area contributed by atoms with Crippen LogP contribution in [0.15, 0.2) is 11.6 Å². The number of ether oxygens (including phenoxy) is 2. The molecule has 19 heavy (non-hydrogen) atoms. The topological polar surface area (TPSA) is 86.7 Å². The van der Waals surface area contributed by atoms with E-state index in [0.717, 1.165) is 0 Å². The van der Waals surface area contributed by atoms with Crippen LogP contribution in [0.25, 0.3) is 0 Å². The van der Waals surface area contributed by atoms with Crippen LogP contribution in [0, 0.1) is 23.7 Å². The Morgan fingerprint density at radius 1 is 1.11 bits per heavy atom. The number of hydrogen-bond acceptors (Lipinski definition) is 6. The van der Waals surface area contributed by atoms with Crippen molar-refractivity contribution in [3.63, 3.8) is 0 Å². The van der Waals surface area contributed by atoms with Gasteiger partial charge in [-0.1, -0.05) is 13.0 Å². The highest BCUT2D eigenvalue weighted by atomic mass is 16.6. The molecule has 2 aliphatic heterocycles. The van der Waals surface area contributed by atoms with E-state index in [1.54, 1.807) is 6.08 Å². The number of esters is 4. The fraction of sp³-hybridized carbons (Fsp3) is 0.538. The van der Waals surface area contributed by atoms with Crippen LogP contribution in [0.5, 0.6) is 0 Å². The molecule has 0 bridgehead atoms. The van der Waals surface area contributed by atoms with Crippen LogP contribution in [-0.2, 0) is 28.7 Å². The van der Waals surface area contributed by atoms with E-state index >= 15 is 0 Å². The molecule has 0 aromatic heterocycles. The highest BCUT2D eigenvalue weighted by molar-refractivity contribution is 6.08. The molecule has 4 unspecified atom stereocenters. The lowest BCUT2D eigenvalue weighted by atomic mass is 9.72. The molecule has 3 rings (SSSR count). The molecule has 0 saturated carbocycles. The van der Waals surface area contributed by atoms with Crippen LogP contribution in [0.3, 0.4) is 0 Å². The van der Waals surface area contributed by atoms with Gasteiger partial charge >= 0.3 is 23.9 Å². The fourth-order valence-electron chi connectivity index (χ4n) is 3.14. The van der Waals surface area contributed by atoms with Crippen molar-refractivity contribution >= 4 is 23.9 Å². The summed E-state index contributed by atoms with van der Waals surface area (Å²) in [4.78, 5) is 45.8. The Kier molecular flexibility index (Phi) is 2.55. The molecule has 0 amide bonds. The Morgan fingerprint density at radius 3 is 2.47 bits per heavy atom. The molecule has 4 atom stereocenters. The zero-order valence-corrected chi connectivity index (χ0v) is 10.3. The second-order valence-corrected chi connectivity index (χ2v) is 5.29. The molecule has 2 heterocycles. The van der Waals surface area contributed by atoms with Gasteiger partial charge in [0.25, 0.3) is 0 Å². The van der Waals surface area contributed by atoms with Gasteiger partial charge in [-0.05, 0) is 18.3 Å². The zero-order valence-electron chi connectivity index (χ0n) is 10.3. The Bertz CT molecular complexity index is 531. The van der Waals surface area contributed by atoms with Crippen LogP contribution < -0.4 is 0 Å². The Morgan fingerprint density at radius 2 is 1.84 bits per heavy atom. The van der Waals surface area contributed by atoms with E-state index in [1.165, 1.54) is 0 Å². The largest absolute Gasteiger partial charge is 0.393 e. The standard InChI is InChI=1S/C13H12O6/c1-5-2-6(7-4-9(14)18-11(7)15)3-8-10(5)13(17)19-12(8)16/h3,5-7,10H,2,4H2,1H3. The molecule has 6 heteroatoms. The maximum atomic E-state index is 11.6. The smallest absolute Gasteiger partial charge is 0.342 e. The molecule has 6 nitrogen and oxygen atoms in total. The molecule has 0 aromatic carbocycles. The first-order valence-corrected chi connectivity index (χ1v) is 6.19. The molecule has 0 radical (unpaired) electrons. The van der Waals surface area contributed by atoms with E-state index in [-0.39, 0.29) is 18.3 Å². The first-order chi connectivity index (χ1) is 8.97. The second-order valence-electron chi connectivity index (χ2n) is 5.29. The summed E-state index contributed by atoms with van der Waals surface area (Å²) in [6.07, 6.45) is 2.21. The number of carbonyl (C=O) groups is 4. The van der Waals surface area contributed by atoms with E-state index in [0.29, 0.717) is 12.0 Å². The maximum absolute atomic E-state index is 11.6. The quantitative estimate of drug-likeness (QED) is 0.502. The lowest BCUT2D eigenvalue weighted by Gasteiger charge is -2.28. The number of rotatable bonds is 1. The SMILES string of the molecule is CC1CC(C2CC(=O)OC2=O)C=C2C(=O)OC(=O)C21. The first-order valence-electron chi connectivity index (χ1n) is 6.19. The van der Waals surface area contributed by atoms with Gasteiger partial charge in [-0.2, -0.15) is 0 Å². The van der Waals surface area contributed by atoms with Gasteiger partial charge in [-0.15, -0.1) is 0 Å². The third-order valence-electron chi connectivity index (χ3n) is 4.05. The molecule has 0 N–H and O–H groups in total. The van der Waals surface area contributed by atoms with Crippen molar-refractivity contribution in [3.8, 4) is 0 Å². The molecule has 100 valence electrons. The molecule has 0 aromatic rings. The van der Waals surface area contributed by atoms with Gasteiger partial charge in [0.1, 0.15) is 0 Å². The molecule has 2 fully saturated rings. The van der Waals surface area contributed by atoms with E-state index in [1.807, 2.05) is 6.92 Å². The van der Waals surface area contributed by atoms with Crippen molar-refractivity contribution in [3.05, 3.63) is 11.6 Å². The Balaban J connectivity index is 1.92. The summed E-state index contributed by atoms with van der Waals surface area (Å²) in [5.74, 6) is -3.66. The summed E-state index contributed by atoms with van der Waals surface area (Å²) in [6, 6.07) is 0. The highest BCUT2D eigenvalue weighted by Gasteiger charge is 2.49. The third kappa shape index (κ3) is 1.78. The average Bonchev–Trinajstić information content (AvgIpc) is 2.80. The number of cyclic esters (lactones) is 4. The first kappa shape index (κ1) is 12.1. The minimum atomic E-state index is -0.635. The fourth-order valence-corrected chi connectivity index (χ4v) is 3.14. The lowest BCUT2D eigenvalue weighted by Crippen LogP contribution is -2.30. The molecule has 2 saturated heterocycles. The molecular formula is C13H12O6. The minimum absolute atomic E-state index is 0.0354. The monoisotopic (exact) mass is 264 g/mol. The summed E-state index contributed by atoms with van der Waals surface area (Å²) in [6.45, 7) is 1.84. The van der Waals surface area contributed by atoms with Crippen molar-refractivity contribution in [1.82, 2.24) is 0 Å². The van der Waals surface area contributed by atoms with Gasteiger partial charge in [0.05, 0.1) is 18.3 Å². The summed E-state index contributed by atoms with van der Waals surface area (Å²) < 4.78 is 9.14. The summed E-state index contributed by atoms with van der Waals surface area (Å²) >= 11 is 0. The normalized spacial score (nSPS) is 37.8. The number of carbonyl (C=O) groups excluding carboxylic acids is 4. The van der Waals surface area contributed by atoms with Crippen molar-refractivity contribution in [2.24, 2.45) is 23.7 Å². The maximum Gasteiger partial charge on any atom is 0.342 e. The second kappa shape index (κ2) is 4.01. The van der Waals surface area contributed by atoms with Gasteiger partial charge in [-0.3, -0.25) is 14.4 Å². The Hall–Kier alpha value is -1.98. The number of hydrogen-bond donors (Lipinski definition) is 0. The van der Waals surface area contributed by atoms with E-state index in [2.05, 4.69) is 9.47 Å². The van der Waals surface area contributed by atoms with Gasteiger partial charge in [-0.25, -0.2) is 4.79 Å².